The van der Waals surface area contributed by atoms with E-state index in [0.717, 1.165) is 18.6 Å². The number of carboxylic acid groups (broad SMARTS) is 1. The number of halogens is 1. The van der Waals surface area contributed by atoms with E-state index in [1.54, 1.807) is 0 Å². The Kier molecular flexibility index (Phi) is 5.60. The molecule has 0 amide bonds. The summed E-state index contributed by atoms with van der Waals surface area (Å²) in [6.45, 7) is 3.59. The van der Waals surface area contributed by atoms with Crippen molar-refractivity contribution >= 4 is 11.7 Å². The third-order valence-electron chi connectivity index (χ3n) is 2.88. The first kappa shape index (κ1) is 16.8. The summed E-state index contributed by atoms with van der Waals surface area (Å²) >= 11 is 0. The molecular formula is C13H17FN2O5. The second-order valence-corrected chi connectivity index (χ2v) is 4.72. The zero-order valence-electron chi connectivity index (χ0n) is 11.8. The summed E-state index contributed by atoms with van der Waals surface area (Å²) < 4.78 is 18.7. The van der Waals surface area contributed by atoms with Gasteiger partial charge in [-0.15, -0.1) is 0 Å². The van der Waals surface area contributed by atoms with Crippen molar-refractivity contribution in [1.29, 1.82) is 0 Å². The molecule has 1 rings (SSSR count). The standard InChI is InChI=1S/C13H17FN2O5/c1-3-6-15-13(2,12(17)18)8-21-9-4-5-11(16(19)20)10(14)7-9/h4-5,7,15H,3,6,8H2,1-2H3,(H,17,18). The first-order chi connectivity index (χ1) is 9.80. The molecule has 0 saturated carbocycles. The Morgan fingerprint density at radius 3 is 2.71 bits per heavy atom. The number of carboxylic acids is 1. The maximum absolute atomic E-state index is 13.4. The lowest BCUT2D eigenvalue weighted by molar-refractivity contribution is -0.387. The number of hydrogen-bond donors (Lipinski definition) is 2. The van der Waals surface area contributed by atoms with Gasteiger partial charge in [-0.05, 0) is 26.0 Å². The molecule has 1 aromatic carbocycles. The normalized spacial score (nSPS) is 13.5. The lowest BCUT2D eigenvalue weighted by atomic mass is 10.0. The summed E-state index contributed by atoms with van der Waals surface area (Å²) in [6.07, 6.45) is 0.745. The molecule has 1 atom stereocenters. The Morgan fingerprint density at radius 2 is 2.24 bits per heavy atom. The number of nitrogens with zero attached hydrogens (tertiary/aromatic N) is 1. The van der Waals surface area contributed by atoms with Gasteiger partial charge in [0.25, 0.3) is 0 Å². The topological polar surface area (TPSA) is 102 Å². The van der Waals surface area contributed by atoms with Crippen LogP contribution >= 0.6 is 0 Å². The maximum atomic E-state index is 13.4. The number of aliphatic carboxylic acids is 1. The van der Waals surface area contributed by atoms with Crippen LogP contribution in [-0.2, 0) is 4.79 Å². The largest absolute Gasteiger partial charge is 0.491 e. The molecule has 0 aromatic heterocycles. The van der Waals surface area contributed by atoms with Crippen molar-refractivity contribution in [1.82, 2.24) is 5.32 Å². The van der Waals surface area contributed by atoms with Crippen LogP contribution in [0.5, 0.6) is 5.75 Å². The van der Waals surface area contributed by atoms with Crippen molar-refractivity contribution < 1.29 is 24.0 Å². The van der Waals surface area contributed by atoms with Gasteiger partial charge >= 0.3 is 11.7 Å². The Morgan fingerprint density at radius 1 is 1.57 bits per heavy atom. The van der Waals surface area contributed by atoms with Crippen LogP contribution in [0, 0.1) is 15.9 Å². The number of rotatable bonds is 8. The number of nitrogens with one attached hydrogen (secondary N) is 1. The van der Waals surface area contributed by atoms with Crippen LogP contribution in [0.1, 0.15) is 20.3 Å². The van der Waals surface area contributed by atoms with Crippen molar-refractivity contribution in [2.24, 2.45) is 0 Å². The number of ether oxygens (including phenoxy) is 1. The van der Waals surface area contributed by atoms with Crippen molar-refractivity contribution in [3.05, 3.63) is 34.1 Å². The Bertz CT molecular complexity index is 537. The highest BCUT2D eigenvalue weighted by molar-refractivity contribution is 5.78. The van der Waals surface area contributed by atoms with E-state index in [2.05, 4.69) is 5.32 Å². The molecule has 0 saturated heterocycles. The average molecular weight is 300 g/mol. The van der Waals surface area contributed by atoms with Gasteiger partial charge < -0.3 is 9.84 Å². The summed E-state index contributed by atoms with van der Waals surface area (Å²) in [6, 6.07) is 3.06. The number of hydrogen-bond acceptors (Lipinski definition) is 5. The Labute approximate surface area is 120 Å². The van der Waals surface area contributed by atoms with Gasteiger partial charge in [-0.1, -0.05) is 6.92 Å². The number of benzene rings is 1. The van der Waals surface area contributed by atoms with Gasteiger partial charge in [-0.2, -0.15) is 4.39 Å². The van der Waals surface area contributed by atoms with E-state index in [0.29, 0.717) is 6.54 Å². The molecule has 1 aromatic rings. The summed E-state index contributed by atoms with van der Waals surface area (Å²) in [7, 11) is 0. The molecule has 0 aliphatic rings. The molecule has 0 radical (unpaired) electrons. The average Bonchev–Trinajstić information content (AvgIpc) is 2.42. The summed E-state index contributed by atoms with van der Waals surface area (Å²) in [5.41, 5.74) is -1.98. The van der Waals surface area contributed by atoms with E-state index in [-0.39, 0.29) is 12.4 Å². The lowest BCUT2D eigenvalue weighted by Crippen LogP contribution is -2.54. The third kappa shape index (κ3) is 4.38. The predicted octanol–water partition coefficient (Wildman–Crippen LogP) is 1.96. The molecule has 0 bridgehead atoms. The molecule has 21 heavy (non-hydrogen) atoms. The zero-order chi connectivity index (χ0) is 16.0. The van der Waals surface area contributed by atoms with E-state index >= 15 is 0 Å². The fourth-order valence-electron chi connectivity index (χ4n) is 1.54. The van der Waals surface area contributed by atoms with Crippen LogP contribution in [0.2, 0.25) is 0 Å². The van der Waals surface area contributed by atoms with E-state index in [1.165, 1.54) is 13.0 Å². The highest BCUT2D eigenvalue weighted by atomic mass is 19.1. The second kappa shape index (κ2) is 6.98. The van der Waals surface area contributed by atoms with E-state index < -0.39 is 27.9 Å². The minimum atomic E-state index is -1.33. The van der Waals surface area contributed by atoms with Gasteiger partial charge in [0, 0.05) is 12.1 Å². The van der Waals surface area contributed by atoms with Crippen molar-refractivity contribution in [3.8, 4) is 5.75 Å². The smallest absolute Gasteiger partial charge is 0.327 e. The molecular weight excluding hydrogens is 283 g/mol. The summed E-state index contributed by atoms with van der Waals surface area (Å²) in [5.74, 6) is -2.10. The van der Waals surface area contributed by atoms with Crippen LogP contribution in [0.25, 0.3) is 0 Å². The zero-order valence-corrected chi connectivity index (χ0v) is 11.8. The summed E-state index contributed by atoms with van der Waals surface area (Å²) in [4.78, 5) is 20.9. The molecule has 0 heterocycles. The molecule has 116 valence electrons. The fourth-order valence-corrected chi connectivity index (χ4v) is 1.54. The van der Waals surface area contributed by atoms with Crippen molar-refractivity contribution in [2.75, 3.05) is 13.2 Å². The molecule has 0 aliphatic carbocycles. The van der Waals surface area contributed by atoms with Gasteiger partial charge in [0.2, 0.25) is 5.82 Å². The molecule has 1 unspecified atom stereocenters. The molecule has 0 fully saturated rings. The minimum Gasteiger partial charge on any atom is -0.491 e. The second-order valence-electron chi connectivity index (χ2n) is 4.72. The first-order valence-corrected chi connectivity index (χ1v) is 6.35. The SMILES string of the molecule is CCCNC(C)(COc1ccc([N+](=O)[O-])c(F)c1)C(=O)O. The van der Waals surface area contributed by atoms with Gasteiger partial charge in [0.1, 0.15) is 17.9 Å². The van der Waals surface area contributed by atoms with E-state index in [1.807, 2.05) is 6.92 Å². The van der Waals surface area contributed by atoms with E-state index in [4.69, 9.17) is 4.74 Å². The maximum Gasteiger partial charge on any atom is 0.327 e. The van der Waals surface area contributed by atoms with Crippen LogP contribution < -0.4 is 10.1 Å². The van der Waals surface area contributed by atoms with Crippen molar-refractivity contribution in [2.45, 2.75) is 25.8 Å². The highest BCUT2D eigenvalue weighted by Crippen LogP contribution is 2.23. The predicted molar refractivity (Wildman–Crippen MR) is 72.9 cm³/mol. The lowest BCUT2D eigenvalue weighted by Gasteiger charge is -2.26. The van der Waals surface area contributed by atoms with Crippen LogP contribution in [0.4, 0.5) is 10.1 Å². The van der Waals surface area contributed by atoms with Gasteiger partial charge in [0.15, 0.2) is 0 Å². The minimum absolute atomic E-state index is 0.0314. The Balaban J connectivity index is 2.79. The van der Waals surface area contributed by atoms with Crippen molar-refractivity contribution in [3.63, 3.8) is 0 Å². The monoisotopic (exact) mass is 300 g/mol. The molecule has 2 N–H and O–H groups in total. The van der Waals surface area contributed by atoms with Crippen LogP contribution in [0.15, 0.2) is 18.2 Å². The number of nitro groups is 1. The fraction of sp³-hybridized carbons (Fsp3) is 0.462. The highest BCUT2D eigenvalue weighted by Gasteiger charge is 2.33. The molecule has 0 spiro atoms. The van der Waals surface area contributed by atoms with Crippen LogP contribution in [-0.4, -0.2) is 34.7 Å². The van der Waals surface area contributed by atoms with E-state index in [9.17, 15) is 24.4 Å². The quantitative estimate of drug-likeness (QED) is 0.562. The third-order valence-corrected chi connectivity index (χ3v) is 2.88. The number of carbonyl (C=O) groups is 1. The van der Waals surface area contributed by atoms with Crippen LogP contribution in [0.3, 0.4) is 0 Å². The molecule has 0 aliphatic heterocycles. The first-order valence-electron chi connectivity index (χ1n) is 6.35. The summed E-state index contributed by atoms with van der Waals surface area (Å²) in [5, 5.41) is 22.5. The molecule has 7 nitrogen and oxygen atoms in total. The molecule has 8 heteroatoms. The van der Waals surface area contributed by atoms with Gasteiger partial charge in [-0.3, -0.25) is 20.2 Å². The number of nitro benzene ring substituents is 1. The van der Waals surface area contributed by atoms with Gasteiger partial charge in [0.05, 0.1) is 4.92 Å². The van der Waals surface area contributed by atoms with Gasteiger partial charge in [-0.25, -0.2) is 0 Å². The Hall–Kier alpha value is -2.22.